The van der Waals surface area contributed by atoms with Crippen molar-refractivity contribution >= 4 is 35.3 Å². The third-order valence-electron chi connectivity index (χ3n) is 6.73. The summed E-state index contributed by atoms with van der Waals surface area (Å²) in [5.74, 6) is 0.450. The van der Waals surface area contributed by atoms with Crippen molar-refractivity contribution < 1.29 is 24.5 Å². The molecule has 0 bridgehead atoms. The first kappa shape index (κ1) is 29.5. The Hall–Kier alpha value is -3.44. The summed E-state index contributed by atoms with van der Waals surface area (Å²) in [6, 6.07) is 29.0. The molecule has 6 heteroatoms. The second kappa shape index (κ2) is 12.4. The van der Waals surface area contributed by atoms with E-state index in [4.69, 9.17) is 4.42 Å². The van der Waals surface area contributed by atoms with Gasteiger partial charge in [-0.3, -0.25) is 0 Å². The zero-order valence-corrected chi connectivity index (χ0v) is 27.1. The molecule has 0 atom stereocenters. The van der Waals surface area contributed by atoms with E-state index in [-0.39, 0.29) is 20.1 Å². The van der Waals surface area contributed by atoms with Crippen molar-refractivity contribution in [2.45, 2.75) is 46.3 Å². The number of rotatable bonds is 4. The number of nitrogens with zero attached hydrogens (tertiary/aromatic N) is 3. The number of aryl methyl sites for hydroxylation is 1. The number of pyridine rings is 3. The van der Waals surface area contributed by atoms with E-state index in [1.54, 1.807) is 6.20 Å². The van der Waals surface area contributed by atoms with Crippen LogP contribution >= 0.6 is 0 Å². The van der Waals surface area contributed by atoms with Crippen LogP contribution in [0.15, 0.2) is 89.7 Å². The molecule has 6 aromatic rings. The zero-order chi connectivity index (χ0) is 27.6. The molecule has 0 N–H and O–H groups in total. The maximum atomic E-state index is 6.21. The Kier molecular flexibility index (Phi) is 9.14. The predicted molar refractivity (Wildman–Crippen MR) is 164 cm³/mol. The van der Waals surface area contributed by atoms with Gasteiger partial charge in [-0.1, -0.05) is 68.2 Å². The number of aromatic nitrogens is 3. The molecule has 0 aliphatic carbocycles. The Balaban J connectivity index is 0.000000223. The first-order chi connectivity index (χ1) is 18.7. The molecule has 0 saturated heterocycles. The van der Waals surface area contributed by atoms with Gasteiger partial charge in [0.1, 0.15) is 0 Å². The maximum Gasteiger partial charge on any atom is 0.216 e. The molecule has 4 heterocycles. The van der Waals surface area contributed by atoms with E-state index in [0.717, 1.165) is 33.5 Å². The van der Waals surface area contributed by atoms with Crippen molar-refractivity contribution in [1.82, 2.24) is 15.0 Å². The van der Waals surface area contributed by atoms with Gasteiger partial charge < -0.3 is 14.4 Å². The van der Waals surface area contributed by atoms with Gasteiger partial charge in [0.25, 0.3) is 0 Å². The molecule has 0 spiro atoms. The summed E-state index contributed by atoms with van der Waals surface area (Å²) in [5.41, 5.74) is 7.83. The normalized spacial score (nSPS) is 11.3. The summed E-state index contributed by atoms with van der Waals surface area (Å²) in [6.45, 7) is 13.5. The maximum absolute atomic E-state index is 6.21. The molecule has 4 aromatic heterocycles. The number of fused-ring (bicyclic) bond motifs is 3. The van der Waals surface area contributed by atoms with Gasteiger partial charge in [0.05, 0.1) is 5.58 Å². The minimum Gasteiger partial charge on any atom is -0.486 e. The molecule has 4 nitrogen and oxygen atoms in total. The van der Waals surface area contributed by atoms with E-state index < -0.39 is 8.07 Å². The molecule has 205 valence electrons. The van der Waals surface area contributed by atoms with Gasteiger partial charge >= 0.3 is 0 Å². The smallest absolute Gasteiger partial charge is 0.216 e. The van der Waals surface area contributed by atoms with Gasteiger partial charge in [0, 0.05) is 52.2 Å². The van der Waals surface area contributed by atoms with Crippen molar-refractivity contribution in [3.8, 4) is 22.5 Å². The molecule has 0 amide bonds. The van der Waals surface area contributed by atoms with Crippen LogP contribution in [-0.4, -0.2) is 23.0 Å². The van der Waals surface area contributed by atoms with Gasteiger partial charge in [-0.05, 0) is 48.0 Å². The SMILES string of the molecule is CC(C)c1ccnc(-c2[c-]cc([Si](C)(C)C)c3c2oc2ncccc23)c1.Cc1ccc(-c2[c-]cccc2)nc1.[Ir]. The number of hydrogen-bond acceptors (Lipinski definition) is 4. The van der Waals surface area contributed by atoms with Crippen LogP contribution in [0.5, 0.6) is 0 Å². The summed E-state index contributed by atoms with van der Waals surface area (Å²) < 4.78 is 6.21. The Morgan fingerprint density at radius 1 is 0.850 bits per heavy atom. The van der Waals surface area contributed by atoms with Gasteiger partial charge in [-0.2, -0.15) is 0 Å². The molecule has 40 heavy (non-hydrogen) atoms. The number of benzene rings is 2. The Morgan fingerprint density at radius 2 is 1.68 bits per heavy atom. The topological polar surface area (TPSA) is 51.8 Å². The standard InChI is InChI=1S/C22H23N2OSi.C12H10N.Ir/c1-14(2)15-10-12-23-18(13-15)16-8-9-19(26(3,4)5)20-17-7-6-11-24-22(17)25-21(16)20;1-10-7-8-12(13-9-10)11-5-3-2-4-6-11;/h6-7,9-14H,1-5H3;2-5,7-9H,1H3;/q2*-1;. The van der Waals surface area contributed by atoms with Crippen LogP contribution in [0.3, 0.4) is 0 Å². The molecule has 0 unspecified atom stereocenters. The fraction of sp³-hybridized carbons (Fsp3) is 0.206. The fourth-order valence-corrected chi connectivity index (χ4v) is 6.07. The fourth-order valence-electron chi connectivity index (χ4n) is 4.56. The molecule has 0 saturated carbocycles. The van der Waals surface area contributed by atoms with Crippen LogP contribution in [0.2, 0.25) is 19.6 Å². The number of furan rings is 1. The first-order valence-corrected chi connectivity index (χ1v) is 16.8. The van der Waals surface area contributed by atoms with Crippen molar-refractivity contribution in [1.29, 1.82) is 0 Å². The van der Waals surface area contributed by atoms with Gasteiger partial charge in [-0.25, -0.2) is 4.98 Å². The minimum atomic E-state index is -1.57. The second-order valence-electron chi connectivity index (χ2n) is 11.1. The van der Waals surface area contributed by atoms with Crippen LogP contribution in [-0.2, 0) is 20.1 Å². The van der Waals surface area contributed by atoms with Crippen LogP contribution in [0.4, 0.5) is 0 Å². The van der Waals surface area contributed by atoms with Crippen LogP contribution in [0.25, 0.3) is 44.6 Å². The molecule has 0 aliphatic heterocycles. The third-order valence-corrected chi connectivity index (χ3v) is 8.75. The minimum absolute atomic E-state index is 0. The molecular weight excluding hydrogens is 687 g/mol. The summed E-state index contributed by atoms with van der Waals surface area (Å²) in [4.78, 5) is 13.4. The summed E-state index contributed by atoms with van der Waals surface area (Å²) >= 11 is 0. The third kappa shape index (κ3) is 6.31. The predicted octanol–water partition coefficient (Wildman–Crippen LogP) is 8.37. The van der Waals surface area contributed by atoms with Crippen molar-refractivity contribution in [3.63, 3.8) is 0 Å². The van der Waals surface area contributed by atoms with Gasteiger partial charge in [-0.15, -0.1) is 53.2 Å². The van der Waals surface area contributed by atoms with E-state index in [0.29, 0.717) is 11.6 Å². The Morgan fingerprint density at radius 3 is 2.35 bits per heavy atom. The molecule has 2 aromatic carbocycles. The number of hydrogen-bond donors (Lipinski definition) is 0. The van der Waals surface area contributed by atoms with Crippen molar-refractivity contribution in [2.24, 2.45) is 0 Å². The van der Waals surface area contributed by atoms with Crippen molar-refractivity contribution in [3.05, 3.63) is 109 Å². The summed E-state index contributed by atoms with van der Waals surface area (Å²) in [7, 11) is -1.57. The summed E-state index contributed by atoms with van der Waals surface area (Å²) in [6.07, 6.45) is 5.52. The molecule has 1 radical (unpaired) electrons. The second-order valence-corrected chi connectivity index (χ2v) is 16.2. The Labute approximate surface area is 251 Å². The van der Waals surface area contributed by atoms with Gasteiger partial charge in [0.2, 0.25) is 5.71 Å². The van der Waals surface area contributed by atoms with E-state index in [1.807, 2.05) is 55.7 Å². The Bertz CT molecular complexity index is 1720. The van der Waals surface area contributed by atoms with E-state index in [9.17, 15) is 0 Å². The monoisotopic (exact) mass is 720 g/mol. The molecule has 0 aliphatic rings. The van der Waals surface area contributed by atoms with Crippen LogP contribution in [0.1, 0.15) is 30.9 Å². The molecule has 0 fully saturated rings. The van der Waals surface area contributed by atoms with E-state index >= 15 is 0 Å². The zero-order valence-electron chi connectivity index (χ0n) is 23.7. The van der Waals surface area contributed by atoms with Crippen LogP contribution in [0, 0.1) is 19.1 Å². The van der Waals surface area contributed by atoms with Gasteiger partial charge in [0.15, 0.2) is 0 Å². The molecule has 6 rings (SSSR count). The largest absolute Gasteiger partial charge is 0.486 e. The summed E-state index contributed by atoms with van der Waals surface area (Å²) in [5, 5.41) is 3.61. The van der Waals surface area contributed by atoms with Crippen LogP contribution < -0.4 is 5.19 Å². The van der Waals surface area contributed by atoms with E-state index in [1.165, 1.54) is 21.7 Å². The first-order valence-electron chi connectivity index (χ1n) is 13.3. The average molecular weight is 720 g/mol. The van der Waals surface area contributed by atoms with E-state index in [2.05, 4.69) is 90.9 Å². The van der Waals surface area contributed by atoms with Crippen molar-refractivity contribution in [2.75, 3.05) is 0 Å². The average Bonchev–Trinajstić information content (AvgIpc) is 3.33. The quantitative estimate of drug-likeness (QED) is 0.136. The molecular formula is C34H33IrN3OSi-2.